The molecule has 4 rings (SSSR count). The monoisotopic (exact) mass is 315 g/mol. The molecule has 3 nitrogen and oxygen atoms in total. The summed E-state index contributed by atoms with van der Waals surface area (Å²) in [6.07, 6.45) is 2.17. The number of hydrogen-bond donors (Lipinski definition) is 2. The van der Waals surface area contributed by atoms with E-state index in [-0.39, 0.29) is 0 Å². The number of rotatable bonds is 1. The van der Waals surface area contributed by atoms with Gasteiger partial charge in [0, 0.05) is 23.3 Å². The maximum absolute atomic E-state index is 8.60. The summed E-state index contributed by atoms with van der Waals surface area (Å²) in [6, 6.07) is 21.0. The first kappa shape index (κ1) is 14.8. The Kier molecular flexibility index (Phi) is 3.69. The Morgan fingerprint density at radius 3 is 2.79 bits per heavy atom. The van der Waals surface area contributed by atoms with Crippen molar-refractivity contribution in [1.82, 2.24) is 0 Å². The van der Waals surface area contributed by atoms with Gasteiger partial charge in [0.25, 0.3) is 0 Å². The van der Waals surface area contributed by atoms with Crippen molar-refractivity contribution < 1.29 is 0 Å². The lowest BCUT2D eigenvalue weighted by Crippen LogP contribution is -2.39. The molecule has 0 aromatic heterocycles. The molecule has 0 unspecified atom stereocenters. The van der Waals surface area contributed by atoms with E-state index in [0.29, 0.717) is 5.96 Å². The fraction of sp³-hybridized carbons (Fsp3) is 0.190. The van der Waals surface area contributed by atoms with E-state index in [1.54, 1.807) is 0 Å². The van der Waals surface area contributed by atoms with Gasteiger partial charge >= 0.3 is 0 Å². The van der Waals surface area contributed by atoms with Gasteiger partial charge in [-0.05, 0) is 42.8 Å². The van der Waals surface area contributed by atoms with Gasteiger partial charge < -0.3 is 10.2 Å². The van der Waals surface area contributed by atoms with E-state index in [2.05, 4.69) is 53.5 Å². The van der Waals surface area contributed by atoms with Crippen LogP contribution in [0, 0.1) is 12.3 Å². The van der Waals surface area contributed by atoms with Crippen molar-refractivity contribution in [2.24, 2.45) is 0 Å². The SMILES string of the molecule is Cc1ccc2c(c1)CCCN2C(=N)Nc1cccc2ccccc12. The number of guanidine groups is 1. The van der Waals surface area contributed by atoms with Crippen LogP contribution >= 0.6 is 0 Å². The highest BCUT2D eigenvalue weighted by atomic mass is 15.3. The molecule has 1 heterocycles. The predicted molar refractivity (Wildman–Crippen MR) is 102 cm³/mol. The second-order valence-electron chi connectivity index (χ2n) is 6.39. The van der Waals surface area contributed by atoms with Crippen LogP contribution in [0.5, 0.6) is 0 Å². The topological polar surface area (TPSA) is 39.1 Å². The molecule has 1 aliphatic rings. The van der Waals surface area contributed by atoms with Crippen LogP contribution in [-0.4, -0.2) is 12.5 Å². The molecule has 0 aliphatic carbocycles. The second-order valence-corrected chi connectivity index (χ2v) is 6.39. The average molecular weight is 315 g/mol. The first-order valence-electron chi connectivity index (χ1n) is 8.43. The molecule has 3 heteroatoms. The maximum Gasteiger partial charge on any atom is 0.200 e. The molecule has 3 aromatic rings. The first-order chi connectivity index (χ1) is 11.7. The van der Waals surface area contributed by atoms with Gasteiger partial charge in [0.05, 0.1) is 0 Å². The van der Waals surface area contributed by atoms with E-state index >= 15 is 0 Å². The molecule has 0 radical (unpaired) electrons. The van der Waals surface area contributed by atoms with Gasteiger partial charge in [-0.3, -0.25) is 5.41 Å². The number of nitrogens with one attached hydrogen (secondary N) is 2. The lowest BCUT2D eigenvalue weighted by molar-refractivity contribution is 0.774. The number of fused-ring (bicyclic) bond motifs is 2. The average Bonchev–Trinajstić information content (AvgIpc) is 2.61. The van der Waals surface area contributed by atoms with Crippen LogP contribution in [0.25, 0.3) is 10.8 Å². The van der Waals surface area contributed by atoms with Gasteiger partial charge in [-0.15, -0.1) is 0 Å². The molecule has 120 valence electrons. The number of benzene rings is 3. The Morgan fingerprint density at radius 1 is 1.04 bits per heavy atom. The lowest BCUT2D eigenvalue weighted by Gasteiger charge is -2.32. The Bertz CT molecular complexity index is 909. The number of anilines is 2. The molecular weight excluding hydrogens is 294 g/mol. The van der Waals surface area contributed by atoms with Gasteiger partial charge in [-0.25, -0.2) is 0 Å². The van der Waals surface area contributed by atoms with Gasteiger partial charge in [0.15, 0.2) is 5.96 Å². The molecule has 0 atom stereocenters. The van der Waals surface area contributed by atoms with Crippen molar-refractivity contribution in [3.05, 3.63) is 71.8 Å². The third-order valence-electron chi connectivity index (χ3n) is 4.67. The van der Waals surface area contributed by atoms with E-state index in [9.17, 15) is 0 Å². The molecule has 3 aromatic carbocycles. The van der Waals surface area contributed by atoms with Crippen LogP contribution in [0.15, 0.2) is 60.7 Å². The molecule has 0 bridgehead atoms. The third kappa shape index (κ3) is 2.62. The molecule has 24 heavy (non-hydrogen) atoms. The lowest BCUT2D eigenvalue weighted by atomic mass is 10.00. The summed E-state index contributed by atoms with van der Waals surface area (Å²) in [5.41, 5.74) is 4.76. The highest BCUT2D eigenvalue weighted by molar-refractivity contribution is 6.08. The van der Waals surface area contributed by atoms with Crippen LogP contribution < -0.4 is 10.2 Å². The van der Waals surface area contributed by atoms with Crippen molar-refractivity contribution in [3.63, 3.8) is 0 Å². The van der Waals surface area contributed by atoms with Crippen LogP contribution in [0.2, 0.25) is 0 Å². The maximum atomic E-state index is 8.60. The molecule has 1 aliphatic heterocycles. The molecule has 0 saturated heterocycles. The van der Waals surface area contributed by atoms with Gasteiger partial charge in [0.1, 0.15) is 0 Å². The summed E-state index contributed by atoms with van der Waals surface area (Å²) in [4.78, 5) is 2.08. The zero-order valence-electron chi connectivity index (χ0n) is 13.8. The van der Waals surface area contributed by atoms with E-state index in [4.69, 9.17) is 5.41 Å². The molecule has 0 fully saturated rings. The standard InChI is InChI=1S/C21H21N3/c1-15-11-12-20-17(14-15)8-5-13-24(20)21(22)23-19-10-4-7-16-6-2-3-9-18(16)19/h2-4,6-7,9-12,14H,5,8,13H2,1H3,(H2,22,23). The summed E-state index contributed by atoms with van der Waals surface area (Å²) in [5, 5.41) is 14.2. The highest BCUT2D eigenvalue weighted by Gasteiger charge is 2.20. The van der Waals surface area contributed by atoms with Gasteiger partial charge in [-0.1, -0.05) is 54.1 Å². The number of nitrogens with zero attached hydrogens (tertiary/aromatic N) is 1. The predicted octanol–water partition coefficient (Wildman–Crippen LogP) is 4.95. The minimum atomic E-state index is 0.441. The largest absolute Gasteiger partial charge is 0.326 e. The molecule has 0 spiro atoms. The van der Waals surface area contributed by atoms with E-state index in [1.807, 2.05) is 24.3 Å². The van der Waals surface area contributed by atoms with Crippen molar-refractivity contribution in [1.29, 1.82) is 5.41 Å². The van der Waals surface area contributed by atoms with Crippen molar-refractivity contribution in [2.45, 2.75) is 19.8 Å². The molecular formula is C21H21N3. The highest BCUT2D eigenvalue weighted by Crippen LogP contribution is 2.29. The van der Waals surface area contributed by atoms with E-state index in [0.717, 1.165) is 36.1 Å². The molecule has 2 N–H and O–H groups in total. The number of aryl methyl sites for hydroxylation is 2. The van der Waals surface area contributed by atoms with Crippen LogP contribution in [0.3, 0.4) is 0 Å². The van der Waals surface area contributed by atoms with Gasteiger partial charge in [-0.2, -0.15) is 0 Å². The number of hydrogen-bond acceptors (Lipinski definition) is 1. The van der Waals surface area contributed by atoms with Crippen LogP contribution in [-0.2, 0) is 6.42 Å². The quantitative estimate of drug-likeness (QED) is 0.493. The Morgan fingerprint density at radius 2 is 1.88 bits per heavy atom. The van der Waals surface area contributed by atoms with Gasteiger partial charge in [0.2, 0.25) is 0 Å². The summed E-state index contributed by atoms with van der Waals surface area (Å²) >= 11 is 0. The minimum Gasteiger partial charge on any atom is -0.326 e. The summed E-state index contributed by atoms with van der Waals surface area (Å²) < 4.78 is 0. The van der Waals surface area contributed by atoms with Crippen molar-refractivity contribution >= 4 is 28.1 Å². The summed E-state index contributed by atoms with van der Waals surface area (Å²) in [6.45, 7) is 3.01. The summed E-state index contributed by atoms with van der Waals surface area (Å²) in [5.74, 6) is 0.441. The van der Waals surface area contributed by atoms with E-state index < -0.39 is 0 Å². The third-order valence-corrected chi connectivity index (χ3v) is 4.67. The first-order valence-corrected chi connectivity index (χ1v) is 8.43. The van der Waals surface area contributed by atoms with Crippen LogP contribution in [0.4, 0.5) is 11.4 Å². The summed E-state index contributed by atoms with van der Waals surface area (Å²) in [7, 11) is 0. The normalized spacial score (nSPS) is 13.6. The molecule has 0 saturated carbocycles. The van der Waals surface area contributed by atoms with E-state index in [1.165, 1.54) is 16.5 Å². The van der Waals surface area contributed by atoms with Crippen molar-refractivity contribution in [3.8, 4) is 0 Å². The fourth-order valence-corrected chi connectivity index (χ4v) is 3.49. The zero-order chi connectivity index (χ0) is 16.5. The van der Waals surface area contributed by atoms with Crippen molar-refractivity contribution in [2.75, 3.05) is 16.8 Å². The second kappa shape index (κ2) is 6.00. The Balaban J connectivity index is 1.66. The smallest absolute Gasteiger partial charge is 0.200 e. The Hall–Kier alpha value is -2.81. The zero-order valence-corrected chi connectivity index (χ0v) is 13.8. The Labute approximate surface area is 142 Å². The van der Waals surface area contributed by atoms with Crippen LogP contribution in [0.1, 0.15) is 17.5 Å². The fourth-order valence-electron chi connectivity index (χ4n) is 3.49. The molecule has 0 amide bonds. The minimum absolute atomic E-state index is 0.441.